The molecule has 1 aromatic heterocycles. The van der Waals surface area contributed by atoms with E-state index in [1.807, 2.05) is 34.9 Å². The summed E-state index contributed by atoms with van der Waals surface area (Å²) < 4.78 is 2.04. The van der Waals surface area contributed by atoms with E-state index in [0.29, 0.717) is 6.54 Å². The second-order valence-electron chi connectivity index (χ2n) is 6.55. The molecule has 0 fully saturated rings. The van der Waals surface area contributed by atoms with Crippen molar-refractivity contribution in [1.29, 1.82) is 0 Å². The van der Waals surface area contributed by atoms with Crippen molar-refractivity contribution in [3.8, 4) is 12.3 Å². The molecule has 0 spiro atoms. The van der Waals surface area contributed by atoms with Gasteiger partial charge in [-0.25, -0.2) is 0 Å². The van der Waals surface area contributed by atoms with Crippen molar-refractivity contribution < 1.29 is 0 Å². The SMILES string of the molecule is C#CCn1c(/C=C/CCCCCCCCC)cc(=O)c2ccccc21. The fraction of sp³-hybridized carbons (Fsp3) is 0.435. The first-order valence-corrected chi connectivity index (χ1v) is 9.50. The number of unbranched alkanes of at least 4 members (excludes halogenated alkanes) is 7. The van der Waals surface area contributed by atoms with Crippen molar-refractivity contribution in [2.45, 2.75) is 64.8 Å². The van der Waals surface area contributed by atoms with Crippen LogP contribution < -0.4 is 5.43 Å². The molecule has 132 valence electrons. The lowest BCUT2D eigenvalue weighted by molar-refractivity contribution is 0.592. The van der Waals surface area contributed by atoms with Crippen molar-refractivity contribution in [3.63, 3.8) is 0 Å². The molecular formula is C23H29NO. The van der Waals surface area contributed by atoms with Crippen LogP contribution in [0.15, 0.2) is 41.2 Å². The highest BCUT2D eigenvalue weighted by molar-refractivity contribution is 5.80. The Labute approximate surface area is 151 Å². The zero-order valence-electron chi connectivity index (χ0n) is 15.3. The van der Waals surface area contributed by atoms with Crippen molar-refractivity contribution in [2.24, 2.45) is 0 Å². The molecule has 1 heterocycles. The van der Waals surface area contributed by atoms with E-state index in [1.54, 1.807) is 6.07 Å². The van der Waals surface area contributed by atoms with Crippen molar-refractivity contribution in [2.75, 3.05) is 0 Å². The maximum Gasteiger partial charge on any atom is 0.190 e. The van der Waals surface area contributed by atoms with Gasteiger partial charge in [-0.3, -0.25) is 4.79 Å². The number of para-hydroxylation sites is 1. The second kappa shape index (κ2) is 10.6. The number of pyridine rings is 1. The normalized spacial score (nSPS) is 11.2. The Kier molecular flexibility index (Phi) is 8.05. The van der Waals surface area contributed by atoms with E-state index in [0.717, 1.165) is 23.0 Å². The quantitative estimate of drug-likeness (QED) is 0.398. The maximum absolute atomic E-state index is 12.3. The number of benzene rings is 1. The monoisotopic (exact) mass is 335 g/mol. The van der Waals surface area contributed by atoms with Crippen LogP contribution in [0.3, 0.4) is 0 Å². The van der Waals surface area contributed by atoms with Gasteiger partial charge in [-0.05, 0) is 31.1 Å². The third-order valence-electron chi connectivity index (χ3n) is 4.56. The van der Waals surface area contributed by atoms with Crippen molar-refractivity contribution in [1.82, 2.24) is 4.57 Å². The lowest BCUT2D eigenvalue weighted by atomic mass is 10.1. The zero-order chi connectivity index (χ0) is 17.9. The van der Waals surface area contributed by atoms with Crippen LogP contribution in [-0.4, -0.2) is 4.57 Å². The van der Waals surface area contributed by atoms with Crippen molar-refractivity contribution >= 4 is 17.0 Å². The van der Waals surface area contributed by atoms with E-state index in [2.05, 4.69) is 18.9 Å². The summed E-state index contributed by atoms with van der Waals surface area (Å²) in [5.74, 6) is 2.70. The molecule has 2 nitrogen and oxygen atoms in total. The topological polar surface area (TPSA) is 22.0 Å². The van der Waals surface area contributed by atoms with Gasteiger partial charge in [0.2, 0.25) is 0 Å². The van der Waals surface area contributed by atoms with Crippen LogP contribution in [0.2, 0.25) is 0 Å². The Bertz CT molecular complexity index is 792. The molecule has 0 bridgehead atoms. The predicted octanol–water partition coefficient (Wildman–Crippen LogP) is 5.79. The van der Waals surface area contributed by atoms with Crippen LogP contribution in [0, 0.1) is 12.3 Å². The Morgan fingerprint density at radius 3 is 2.56 bits per heavy atom. The van der Waals surface area contributed by atoms with E-state index >= 15 is 0 Å². The Balaban J connectivity index is 1.99. The molecule has 2 heteroatoms. The van der Waals surface area contributed by atoms with Gasteiger partial charge in [0.15, 0.2) is 5.43 Å². The average Bonchev–Trinajstić information content (AvgIpc) is 2.63. The van der Waals surface area contributed by atoms with Crippen LogP contribution in [0.5, 0.6) is 0 Å². The first kappa shape index (κ1) is 19.1. The molecule has 0 aliphatic rings. The predicted molar refractivity (Wildman–Crippen MR) is 109 cm³/mol. The van der Waals surface area contributed by atoms with Crippen LogP contribution in [0.4, 0.5) is 0 Å². The molecule has 0 saturated heterocycles. The van der Waals surface area contributed by atoms with Gasteiger partial charge in [0.25, 0.3) is 0 Å². The summed E-state index contributed by atoms with van der Waals surface area (Å²) in [5.41, 5.74) is 1.85. The molecule has 0 saturated carbocycles. The summed E-state index contributed by atoms with van der Waals surface area (Å²) in [6.45, 7) is 2.72. The molecule has 0 aliphatic carbocycles. The Morgan fingerprint density at radius 1 is 1.08 bits per heavy atom. The summed E-state index contributed by atoms with van der Waals surface area (Å²) in [6, 6.07) is 9.35. The van der Waals surface area contributed by atoms with Crippen molar-refractivity contribution in [3.05, 3.63) is 52.3 Å². The summed E-state index contributed by atoms with van der Waals surface area (Å²) in [4.78, 5) is 12.3. The number of fused-ring (bicyclic) bond motifs is 1. The van der Waals surface area contributed by atoms with E-state index < -0.39 is 0 Å². The number of rotatable bonds is 10. The largest absolute Gasteiger partial charge is 0.329 e. The van der Waals surface area contributed by atoms with Gasteiger partial charge in [-0.15, -0.1) is 6.42 Å². The Hall–Kier alpha value is -2.27. The number of terminal acetylenes is 1. The number of hydrogen-bond acceptors (Lipinski definition) is 1. The van der Waals surface area contributed by atoms with Gasteiger partial charge in [-0.1, -0.05) is 69.6 Å². The molecule has 0 N–H and O–H groups in total. The average molecular weight is 335 g/mol. The summed E-state index contributed by atoms with van der Waals surface area (Å²) >= 11 is 0. The van der Waals surface area contributed by atoms with Gasteiger partial charge < -0.3 is 4.57 Å². The van der Waals surface area contributed by atoms with Crippen LogP contribution in [0.1, 0.15) is 64.0 Å². The van der Waals surface area contributed by atoms with E-state index in [4.69, 9.17) is 6.42 Å². The molecule has 1 aromatic carbocycles. The van der Waals surface area contributed by atoms with Crippen LogP contribution in [0.25, 0.3) is 17.0 Å². The van der Waals surface area contributed by atoms with Gasteiger partial charge in [0, 0.05) is 17.1 Å². The number of aromatic nitrogens is 1. The van der Waals surface area contributed by atoms with Gasteiger partial charge in [0.1, 0.15) is 0 Å². The molecule has 0 amide bonds. The van der Waals surface area contributed by atoms with Gasteiger partial charge in [0.05, 0.1) is 12.1 Å². The first-order valence-electron chi connectivity index (χ1n) is 9.50. The lowest BCUT2D eigenvalue weighted by Gasteiger charge is -2.12. The fourth-order valence-electron chi connectivity index (χ4n) is 3.18. The minimum atomic E-state index is 0.0550. The third kappa shape index (κ3) is 5.64. The molecule has 0 aliphatic heterocycles. The summed E-state index contributed by atoms with van der Waals surface area (Å²) in [7, 11) is 0. The highest BCUT2D eigenvalue weighted by atomic mass is 16.1. The molecule has 0 atom stereocenters. The second-order valence-corrected chi connectivity index (χ2v) is 6.55. The first-order chi connectivity index (χ1) is 12.3. The highest BCUT2D eigenvalue weighted by Crippen LogP contribution is 2.15. The smallest absolute Gasteiger partial charge is 0.190 e. The van der Waals surface area contributed by atoms with E-state index in [-0.39, 0.29) is 5.43 Å². The minimum absolute atomic E-state index is 0.0550. The van der Waals surface area contributed by atoms with Crippen LogP contribution >= 0.6 is 0 Å². The third-order valence-corrected chi connectivity index (χ3v) is 4.56. The van der Waals surface area contributed by atoms with E-state index in [9.17, 15) is 4.79 Å². The fourth-order valence-corrected chi connectivity index (χ4v) is 3.18. The molecule has 2 rings (SSSR count). The number of nitrogens with zero attached hydrogens (tertiary/aromatic N) is 1. The lowest BCUT2D eigenvalue weighted by Crippen LogP contribution is -2.11. The number of allylic oxidation sites excluding steroid dienone is 1. The summed E-state index contributed by atoms with van der Waals surface area (Å²) in [5, 5.41) is 0.724. The van der Waals surface area contributed by atoms with E-state index in [1.165, 1.54) is 44.9 Å². The highest BCUT2D eigenvalue weighted by Gasteiger charge is 2.05. The summed E-state index contributed by atoms with van der Waals surface area (Å²) in [6.07, 6.45) is 20.0. The standard InChI is InChI=1S/C23H29NO/c1-3-5-6-7-8-9-10-11-12-15-20-19-23(25)21-16-13-14-17-22(21)24(20)18-4-2/h2,12-17,19H,3,5-11,18H2,1H3/b15-12+. The van der Waals surface area contributed by atoms with Crippen LogP contribution in [-0.2, 0) is 6.54 Å². The number of hydrogen-bond donors (Lipinski definition) is 0. The Morgan fingerprint density at radius 2 is 1.80 bits per heavy atom. The molecule has 0 radical (unpaired) electrons. The van der Waals surface area contributed by atoms with Gasteiger partial charge in [-0.2, -0.15) is 0 Å². The zero-order valence-corrected chi connectivity index (χ0v) is 15.3. The molecule has 2 aromatic rings. The molecule has 25 heavy (non-hydrogen) atoms. The molecule has 0 unspecified atom stereocenters. The molecular weight excluding hydrogens is 306 g/mol. The maximum atomic E-state index is 12.3. The van der Waals surface area contributed by atoms with Gasteiger partial charge >= 0.3 is 0 Å². The minimum Gasteiger partial charge on any atom is -0.329 e.